The van der Waals surface area contributed by atoms with E-state index in [-0.39, 0.29) is 35.4 Å². The van der Waals surface area contributed by atoms with Crippen molar-refractivity contribution < 1.29 is 18.9 Å². The third-order valence-corrected chi connectivity index (χ3v) is 7.75. The van der Waals surface area contributed by atoms with E-state index in [0.717, 1.165) is 49.7 Å². The van der Waals surface area contributed by atoms with Gasteiger partial charge in [0.05, 0.1) is 11.3 Å². The van der Waals surface area contributed by atoms with Crippen LogP contribution in [0.15, 0.2) is 34.9 Å². The standard InChI is InChI=1S/C28H38N4O4/c1-4-18(2)25(33)29-24(21-14-9-6-10-15-21)28(35)32-17-11-16-22(32)26(34)30-27-23(19(3)31-36-27)20-12-7-5-8-13-20/h5,7-8,12-13,18,21-22,24H,4,6,9-11,14-17H2,1-3H3,(H,29,33)(H,30,34)/t18-,22+,24+/m1/s1. The highest BCUT2D eigenvalue weighted by atomic mass is 16.5. The van der Waals surface area contributed by atoms with E-state index in [1.54, 1.807) is 4.90 Å². The fraction of sp³-hybridized carbons (Fsp3) is 0.571. The zero-order chi connectivity index (χ0) is 25.7. The molecule has 1 saturated heterocycles. The number of rotatable bonds is 8. The first-order chi connectivity index (χ1) is 17.4. The van der Waals surface area contributed by atoms with Crippen LogP contribution in [0.4, 0.5) is 5.88 Å². The van der Waals surface area contributed by atoms with E-state index in [2.05, 4.69) is 15.8 Å². The number of nitrogens with one attached hydrogen (secondary N) is 2. The molecule has 3 amide bonds. The molecule has 8 heteroatoms. The molecule has 0 unspecified atom stereocenters. The lowest BCUT2D eigenvalue weighted by Crippen LogP contribution is -2.56. The predicted molar refractivity (Wildman–Crippen MR) is 138 cm³/mol. The largest absolute Gasteiger partial charge is 0.344 e. The Hall–Kier alpha value is -3.16. The molecule has 0 bridgehead atoms. The molecule has 2 fully saturated rings. The second kappa shape index (κ2) is 11.7. The summed E-state index contributed by atoms with van der Waals surface area (Å²) in [7, 11) is 0. The molecule has 4 rings (SSSR count). The maximum absolute atomic E-state index is 13.8. The number of aromatic nitrogens is 1. The third kappa shape index (κ3) is 5.63. The Labute approximate surface area is 213 Å². The van der Waals surface area contributed by atoms with E-state index in [0.29, 0.717) is 25.1 Å². The zero-order valence-corrected chi connectivity index (χ0v) is 21.6. The number of carbonyl (C=O) groups is 3. The van der Waals surface area contributed by atoms with Crippen molar-refractivity contribution in [3.8, 4) is 11.1 Å². The van der Waals surface area contributed by atoms with Gasteiger partial charge in [-0.15, -0.1) is 0 Å². The normalized spacial score (nSPS) is 20.1. The topological polar surface area (TPSA) is 105 Å². The first-order valence-electron chi connectivity index (χ1n) is 13.3. The van der Waals surface area contributed by atoms with Gasteiger partial charge in [-0.1, -0.05) is 68.6 Å². The molecule has 194 valence electrons. The molecule has 0 radical (unpaired) electrons. The van der Waals surface area contributed by atoms with Gasteiger partial charge < -0.3 is 14.7 Å². The van der Waals surface area contributed by atoms with Crippen LogP contribution in [0.3, 0.4) is 0 Å². The molecule has 2 aromatic rings. The van der Waals surface area contributed by atoms with Crippen molar-refractivity contribution in [2.45, 2.75) is 84.2 Å². The van der Waals surface area contributed by atoms with E-state index in [1.807, 2.05) is 51.1 Å². The first kappa shape index (κ1) is 25.9. The van der Waals surface area contributed by atoms with Gasteiger partial charge in [0.25, 0.3) is 0 Å². The molecule has 1 aromatic carbocycles. The van der Waals surface area contributed by atoms with Crippen LogP contribution in [-0.2, 0) is 14.4 Å². The lowest BCUT2D eigenvalue weighted by atomic mass is 9.83. The zero-order valence-electron chi connectivity index (χ0n) is 21.6. The Balaban J connectivity index is 1.52. The maximum Gasteiger partial charge on any atom is 0.249 e. The molecule has 8 nitrogen and oxygen atoms in total. The summed E-state index contributed by atoms with van der Waals surface area (Å²) >= 11 is 0. The van der Waals surface area contributed by atoms with Crippen molar-refractivity contribution in [3.05, 3.63) is 36.0 Å². The van der Waals surface area contributed by atoms with Gasteiger partial charge in [-0.3, -0.25) is 19.7 Å². The summed E-state index contributed by atoms with van der Waals surface area (Å²) in [6.45, 7) is 6.19. The van der Waals surface area contributed by atoms with Gasteiger partial charge in [0, 0.05) is 12.5 Å². The lowest BCUT2D eigenvalue weighted by Gasteiger charge is -2.35. The van der Waals surface area contributed by atoms with Crippen molar-refractivity contribution in [2.75, 3.05) is 11.9 Å². The summed E-state index contributed by atoms with van der Waals surface area (Å²) in [5.41, 5.74) is 2.32. The number of anilines is 1. The molecule has 3 atom stereocenters. The Morgan fingerprint density at radius 3 is 2.50 bits per heavy atom. The minimum atomic E-state index is -0.613. The Kier molecular flexibility index (Phi) is 8.44. The van der Waals surface area contributed by atoms with Gasteiger partial charge in [0.2, 0.25) is 23.6 Å². The minimum Gasteiger partial charge on any atom is -0.344 e. The number of benzene rings is 1. The molecular formula is C28H38N4O4. The molecule has 2 N–H and O–H groups in total. The monoisotopic (exact) mass is 494 g/mol. The van der Waals surface area contributed by atoms with Crippen molar-refractivity contribution in [3.63, 3.8) is 0 Å². The fourth-order valence-corrected chi connectivity index (χ4v) is 5.41. The first-order valence-corrected chi connectivity index (χ1v) is 13.3. The van der Waals surface area contributed by atoms with Gasteiger partial charge in [-0.25, -0.2) is 0 Å². The molecule has 2 aliphatic rings. The molecule has 1 aliphatic carbocycles. The van der Waals surface area contributed by atoms with Crippen LogP contribution >= 0.6 is 0 Å². The number of hydrogen-bond acceptors (Lipinski definition) is 5. The summed E-state index contributed by atoms with van der Waals surface area (Å²) in [5, 5.41) is 10.0. The SMILES string of the molecule is CC[C@@H](C)C(=O)N[C@H](C(=O)N1CCC[C@H]1C(=O)Nc1onc(C)c1-c1ccccc1)C1CCCCC1. The van der Waals surface area contributed by atoms with E-state index < -0.39 is 12.1 Å². The molecule has 1 aliphatic heterocycles. The van der Waals surface area contributed by atoms with Crippen LogP contribution in [-0.4, -0.2) is 46.4 Å². The highest BCUT2D eigenvalue weighted by Crippen LogP contribution is 2.33. The van der Waals surface area contributed by atoms with Crippen LogP contribution < -0.4 is 10.6 Å². The predicted octanol–water partition coefficient (Wildman–Crippen LogP) is 4.69. The van der Waals surface area contributed by atoms with Crippen molar-refractivity contribution in [2.24, 2.45) is 11.8 Å². The summed E-state index contributed by atoms with van der Waals surface area (Å²) in [5.74, 6) is -0.293. The van der Waals surface area contributed by atoms with Crippen LogP contribution in [0.5, 0.6) is 0 Å². The van der Waals surface area contributed by atoms with Gasteiger partial charge in [0.1, 0.15) is 12.1 Å². The van der Waals surface area contributed by atoms with Crippen LogP contribution in [0.1, 0.15) is 70.9 Å². The number of carbonyl (C=O) groups excluding carboxylic acids is 3. The molecule has 1 saturated carbocycles. The van der Waals surface area contributed by atoms with E-state index in [1.165, 1.54) is 0 Å². The van der Waals surface area contributed by atoms with Gasteiger partial charge in [0.15, 0.2) is 0 Å². The molecular weight excluding hydrogens is 456 g/mol. The van der Waals surface area contributed by atoms with Crippen molar-refractivity contribution in [1.29, 1.82) is 0 Å². The quantitative estimate of drug-likeness (QED) is 0.554. The summed E-state index contributed by atoms with van der Waals surface area (Å²) in [6.07, 6.45) is 7.14. The van der Waals surface area contributed by atoms with Crippen LogP contribution in [0.2, 0.25) is 0 Å². The second-order valence-corrected chi connectivity index (χ2v) is 10.2. The number of hydrogen-bond donors (Lipinski definition) is 2. The van der Waals surface area contributed by atoms with E-state index in [9.17, 15) is 14.4 Å². The lowest BCUT2D eigenvalue weighted by molar-refractivity contribution is -0.142. The number of aryl methyl sites for hydroxylation is 1. The maximum atomic E-state index is 13.8. The van der Waals surface area contributed by atoms with E-state index >= 15 is 0 Å². The number of nitrogens with zero attached hydrogens (tertiary/aromatic N) is 2. The van der Waals surface area contributed by atoms with Crippen molar-refractivity contribution in [1.82, 2.24) is 15.4 Å². The molecule has 1 aromatic heterocycles. The fourth-order valence-electron chi connectivity index (χ4n) is 5.41. The molecule has 0 spiro atoms. The summed E-state index contributed by atoms with van der Waals surface area (Å²) < 4.78 is 5.47. The Morgan fingerprint density at radius 2 is 1.81 bits per heavy atom. The summed E-state index contributed by atoms with van der Waals surface area (Å²) in [6, 6.07) is 8.44. The second-order valence-electron chi connectivity index (χ2n) is 10.2. The average Bonchev–Trinajstić information content (AvgIpc) is 3.54. The molecule has 2 heterocycles. The molecule has 36 heavy (non-hydrogen) atoms. The highest BCUT2D eigenvalue weighted by molar-refractivity contribution is 6.00. The van der Waals surface area contributed by atoms with Crippen LogP contribution in [0, 0.1) is 18.8 Å². The number of amides is 3. The Morgan fingerprint density at radius 1 is 1.08 bits per heavy atom. The van der Waals surface area contributed by atoms with Gasteiger partial charge >= 0.3 is 0 Å². The minimum absolute atomic E-state index is 0.0914. The smallest absolute Gasteiger partial charge is 0.249 e. The van der Waals surface area contributed by atoms with Crippen molar-refractivity contribution >= 4 is 23.6 Å². The number of likely N-dealkylation sites (tertiary alicyclic amines) is 1. The Bertz CT molecular complexity index is 1060. The third-order valence-electron chi connectivity index (χ3n) is 7.75. The van der Waals surface area contributed by atoms with Gasteiger partial charge in [-0.05, 0) is 50.5 Å². The average molecular weight is 495 g/mol. The van der Waals surface area contributed by atoms with E-state index in [4.69, 9.17) is 4.52 Å². The van der Waals surface area contributed by atoms with Crippen LogP contribution in [0.25, 0.3) is 11.1 Å². The highest BCUT2D eigenvalue weighted by Gasteiger charge is 2.41. The summed E-state index contributed by atoms with van der Waals surface area (Å²) in [4.78, 5) is 41.7. The van der Waals surface area contributed by atoms with Gasteiger partial charge in [-0.2, -0.15) is 0 Å².